The molecule has 1 amide bonds. The minimum Gasteiger partial charge on any atom is -0.324 e. The molecule has 4 rings (SSSR count). The van der Waals surface area contributed by atoms with Gasteiger partial charge in [0, 0.05) is 22.3 Å². The van der Waals surface area contributed by atoms with Gasteiger partial charge in [0.15, 0.2) is 0 Å². The minimum absolute atomic E-state index is 0.239. The smallest absolute Gasteiger partial charge is 0.272 e. The number of hydrogen-bond acceptors (Lipinski definition) is 5. The van der Waals surface area contributed by atoms with Crippen LogP contribution < -0.4 is 10.9 Å². The summed E-state index contributed by atoms with van der Waals surface area (Å²) in [4.78, 5) is 35.4. The molecule has 0 radical (unpaired) electrons. The van der Waals surface area contributed by atoms with E-state index in [1.54, 1.807) is 18.3 Å². The molecule has 0 aliphatic carbocycles. The second-order valence-electron chi connectivity index (χ2n) is 6.47. The summed E-state index contributed by atoms with van der Waals surface area (Å²) in [5.74, 6) is -0.287. The van der Waals surface area contributed by atoms with Crippen LogP contribution in [0.2, 0.25) is 5.02 Å². The van der Waals surface area contributed by atoms with Crippen molar-refractivity contribution in [2.24, 2.45) is 0 Å². The largest absolute Gasteiger partial charge is 0.324 e. The van der Waals surface area contributed by atoms with Gasteiger partial charge in [-0.1, -0.05) is 24.6 Å². The van der Waals surface area contributed by atoms with Gasteiger partial charge in [-0.25, -0.2) is 9.97 Å². The van der Waals surface area contributed by atoms with Gasteiger partial charge in [-0.3, -0.25) is 14.2 Å². The Hall–Kier alpha value is -2.77. The normalized spacial score (nSPS) is 12.4. The zero-order chi connectivity index (χ0) is 19.8. The first-order chi connectivity index (χ1) is 13.5. The van der Waals surface area contributed by atoms with Crippen molar-refractivity contribution >= 4 is 55.0 Å². The molecule has 3 heterocycles. The number of hydrogen-bond donors (Lipinski definition) is 1. The molecule has 0 unspecified atom stereocenters. The number of benzene rings is 1. The molecule has 6 nitrogen and oxygen atoms in total. The van der Waals surface area contributed by atoms with Crippen molar-refractivity contribution in [3.05, 3.63) is 63.8 Å². The third kappa shape index (κ3) is 3.16. The molecular weight excluding hydrogens is 396 g/mol. The number of carbonyl (C=O) groups is 1. The van der Waals surface area contributed by atoms with Gasteiger partial charge in [0.2, 0.25) is 5.91 Å². The monoisotopic (exact) mass is 412 g/mol. The number of aromatic nitrogens is 3. The number of nitrogens with one attached hydrogen (secondary N) is 1. The lowest BCUT2D eigenvalue weighted by molar-refractivity contribution is -0.119. The Morgan fingerprint density at radius 3 is 2.89 bits per heavy atom. The van der Waals surface area contributed by atoms with E-state index in [9.17, 15) is 9.59 Å². The highest BCUT2D eigenvalue weighted by molar-refractivity contribution is 7.25. The van der Waals surface area contributed by atoms with Gasteiger partial charge < -0.3 is 5.32 Å². The number of halogens is 1. The number of nitrogens with zero attached hydrogens (tertiary/aromatic N) is 3. The lowest BCUT2D eigenvalue weighted by Gasteiger charge is -2.17. The molecule has 28 heavy (non-hydrogen) atoms. The number of amides is 1. The van der Waals surface area contributed by atoms with Gasteiger partial charge in [0.05, 0.1) is 11.8 Å². The summed E-state index contributed by atoms with van der Waals surface area (Å²) in [6.45, 7) is 3.75. The Morgan fingerprint density at radius 1 is 1.32 bits per heavy atom. The molecule has 1 aromatic carbocycles. The number of carbonyl (C=O) groups excluding carboxylic acids is 1. The molecule has 1 N–H and O–H groups in total. The highest BCUT2D eigenvalue weighted by Gasteiger charge is 2.22. The van der Waals surface area contributed by atoms with Crippen LogP contribution in [0.3, 0.4) is 0 Å². The second kappa shape index (κ2) is 7.33. The number of fused-ring (bicyclic) bond motifs is 3. The van der Waals surface area contributed by atoms with E-state index in [0.717, 1.165) is 15.8 Å². The lowest BCUT2D eigenvalue weighted by atomic mass is 10.2. The zero-order valence-electron chi connectivity index (χ0n) is 15.3. The van der Waals surface area contributed by atoms with Crippen LogP contribution in [0, 0.1) is 6.92 Å². The summed E-state index contributed by atoms with van der Waals surface area (Å²) in [6.07, 6.45) is 3.58. The number of rotatable bonds is 4. The van der Waals surface area contributed by atoms with Gasteiger partial charge in [0.1, 0.15) is 15.6 Å². The summed E-state index contributed by atoms with van der Waals surface area (Å²) in [7, 11) is 0. The van der Waals surface area contributed by atoms with Crippen LogP contribution >= 0.6 is 22.9 Å². The molecule has 142 valence electrons. The van der Waals surface area contributed by atoms with Crippen LogP contribution in [0.15, 0.2) is 47.7 Å². The van der Waals surface area contributed by atoms with Crippen LogP contribution in [-0.4, -0.2) is 20.4 Å². The van der Waals surface area contributed by atoms with E-state index in [4.69, 9.17) is 11.6 Å². The molecule has 0 aliphatic rings. The summed E-state index contributed by atoms with van der Waals surface area (Å²) in [5, 5.41) is 4.26. The number of thiophene rings is 1. The highest BCUT2D eigenvalue weighted by Crippen LogP contribution is 2.29. The molecule has 8 heteroatoms. The maximum Gasteiger partial charge on any atom is 0.272 e. The van der Waals surface area contributed by atoms with Crippen molar-refractivity contribution in [1.29, 1.82) is 0 Å². The first-order valence-corrected chi connectivity index (χ1v) is 10.0. The Kier molecular flexibility index (Phi) is 4.87. The number of aryl methyl sites for hydroxylation is 1. The third-order valence-corrected chi connectivity index (χ3v) is 6.14. The SMILES string of the molecule is CC[C@@H](C(=O)Nc1ccc(C)c(Cl)c1)n1cnc2c(sc3ncccc32)c1=O. The van der Waals surface area contributed by atoms with Crippen LogP contribution in [0.25, 0.3) is 20.4 Å². The first-order valence-electron chi connectivity index (χ1n) is 8.81. The average molecular weight is 413 g/mol. The average Bonchev–Trinajstić information content (AvgIpc) is 3.07. The number of pyridine rings is 1. The predicted octanol–water partition coefficient (Wildman–Crippen LogP) is 4.56. The van der Waals surface area contributed by atoms with Gasteiger partial charge in [0.25, 0.3) is 5.56 Å². The molecule has 1 atom stereocenters. The highest BCUT2D eigenvalue weighted by atomic mass is 35.5. The van der Waals surface area contributed by atoms with E-state index in [2.05, 4.69) is 15.3 Å². The van der Waals surface area contributed by atoms with Crippen LogP contribution in [0.1, 0.15) is 24.9 Å². The fraction of sp³-hybridized carbons (Fsp3) is 0.200. The molecular formula is C20H17ClN4O2S. The minimum atomic E-state index is -0.678. The van der Waals surface area contributed by atoms with E-state index in [1.165, 1.54) is 22.2 Å². The van der Waals surface area contributed by atoms with Crippen molar-refractivity contribution < 1.29 is 4.79 Å². The Bertz CT molecular complexity index is 1260. The van der Waals surface area contributed by atoms with E-state index >= 15 is 0 Å². The standard InChI is InChI=1S/C20H17ClN4O2S/c1-3-15(18(26)24-12-7-6-11(2)14(21)9-12)25-10-23-16-13-5-4-8-22-19(13)28-17(16)20(25)27/h4-10,15H,3H2,1-2H3,(H,24,26)/t15-/m0/s1. The molecule has 0 aliphatic heterocycles. The van der Waals surface area contributed by atoms with Gasteiger partial charge in [-0.2, -0.15) is 0 Å². The van der Waals surface area contributed by atoms with Crippen molar-refractivity contribution in [3.8, 4) is 0 Å². The van der Waals surface area contributed by atoms with E-state index in [-0.39, 0.29) is 11.5 Å². The lowest BCUT2D eigenvalue weighted by Crippen LogP contribution is -2.33. The van der Waals surface area contributed by atoms with Crippen molar-refractivity contribution in [3.63, 3.8) is 0 Å². The molecule has 0 bridgehead atoms. The Morgan fingerprint density at radius 2 is 2.14 bits per heavy atom. The van der Waals surface area contributed by atoms with Crippen LogP contribution in [-0.2, 0) is 4.79 Å². The van der Waals surface area contributed by atoms with Crippen LogP contribution in [0.4, 0.5) is 5.69 Å². The third-order valence-electron chi connectivity index (χ3n) is 4.64. The van der Waals surface area contributed by atoms with Crippen LogP contribution in [0.5, 0.6) is 0 Å². The van der Waals surface area contributed by atoms with E-state index in [1.807, 2.05) is 32.0 Å². The molecule has 0 fully saturated rings. The fourth-order valence-electron chi connectivity index (χ4n) is 3.11. The second-order valence-corrected chi connectivity index (χ2v) is 7.88. The first kappa shape index (κ1) is 18.6. The Balaban J connectivity index is 1.72. The maximum atomic E-state index is 13.1. The summed E-state index contributed by atoms with van der Waals surface area (Å²) >= 11 is 7.43. The van der Waals surface area contributed by atoms with Gasteiger partial charge in [-0.05, 0) is 43.2 Å². The van der Waals surface area contributed by atoms with Gasteiger partial charge >= 0.3 is 0 Å². The molecule has 0 saturated carbocycles. The fourth-order valence-corrected chi connectivity index (χ4v) is 4.32. The van der Waals surface area contributed by atoms with Crippen molar-refractivity contribution in [2.75, 3.05) is 5.32 Å². The van der Waals surface area contributed by atoms with E-state index in [0.29, 0.717) is 27.3 Å². The van der Waals surface area contributed by atoms with Crippen molar-refractivity contribution in [1.82, 2.24) is 14.5 Å². The molecule has 4 aromatic rings. The quantitative estimate of drug-likeness (QED) is 0.533. The topological polar surface area (TPSA) is 76.9 Å². The molecule has 0 spiro atoms. The predicted molar refractivity (Wildman–Crippen MR) is 113 cm³/mol. The Labute approximate surface area is 169 Å². The van der Waals surface area contributed by atoms with E-state index < -0.39 is 6.04 Å². The maximum absolute atomic E-state index is 13.1. The summed E-state index contributed by atoms with van der Waals surface area (Å²) < 4.78 is 1.89. The molecule has 3 aromatic heterocycles. The number of anilines is 1. The zero-order valence-corrected chi connectivity index (χ0v) is 16.8. The van der Waals surface area contributed by atoms with Crippen molar-refractivity contribution in [2.45, 2.75) is 26.3 Å². The van der Waals surface area contributed by atoms with Gasteiger partial charge in [-0.15, -0.1) is 11.3 Å². The summed E-state index contributed by atoms with van der Waals surface area (Å²) in [6, 6.07) is 8.35. The summed E-state index contributed by atoms with van der Waals surface area (Å²) in [5.41, 5.74) is 1.90. The molecule has 0 saturated heterocycles.